The van der Waals surface area contributed by atoms with Crippen LogP contribution in [0, 0.1) is 11.8 Å². The molecule has 6 nitrogen and oxygen atoms in total. The van der Waals surface area contributed by atoms with Crippen molar-refractivity contribution in [3.8, 4) is 0 Å². The molecule has 0 atom stereocenters. The third-order valence-corrected chi connectivity index (χ3v) is 5.58. The Labute approximate surface area is 177 Å². The van der Waals surface area contributed by atoms with Crippen molar-refractivity contribution in [1.29, 1.82) is 0 Å². The van der Waals surface area contributed by atoms with E-state index in [1.807, 2.05) is 0 Å². The van der Waals surface area contributed by atoms with Gasteiger partial charge in [0, 0.05) is 0 Å². The minimum Gasteiger partial charge on any atom is -0.457 e. The first-order chi connectivity index (χ1) is 14.5. The van der Waals surface area contributed by atoms with Gasteiger partial charge < -0.3 is 18.9 Å². The zero-order valence-corrected chi connectivity index (χ0v) is 17.4. The number of unbranched alkanes of at least 4 members (excludes halogenated alkanes) is 3. The van der Waals surface area contributed by atoms with Crippen molar-refractivity contribution < 1.29 is 50.5 Å². The molecule has 0 aromatic rings. The third kappa shape index (κ3) is 7.55. The van der Waals surface area contributed by atoms with E-state index in [0.717, 1.165) is 25.7 Å². The van der Waals surface area contributed by atoms with Crippen molar-refractivity contribution in [2.75, 3.05) is 13.2 Å². The topological polar surface area (TPSA) is 71.1 Å². The first-order valence-corrected chi connectivity index (χ1v) is 10.6. The van der Waals surface area contributed by atoms with Gasteiger partial charge in [-0.05, 0) is 31.6 Å². The third-order valence-electron chi connectivity index (χ3n) is 5.58. The van der Waals surface area contributed by atoms with E-state index in [9.17, 15) is 31.5 Å². The van der Waals surface area contributed by atoms with Crippen LogP contribution >= 0.6 is 0 Å². The molecule has 0 spiro atoms. The molecule has 2 aliphatic rings. The van der Waals surface area contributed by atoms with Gasteiger partial charge in [0.2, 0.25) is 0 Å². The summed E-state index contributed by atoms with van der Waals surface area (Å²) >= 11 is 0. The van der Waals surface area contributed by atoms with Gasteiger partial charge in [0.1, 0.15) is 6.10 Å². The highest BCUT2D eigenvalue weighted by Gasteiger charge is 2.65. The van der Waals surface area contributed by atoms with Crippen LogP contribution in [0.15, 0.2) is 0 Å². The lowest BCUT2D eigenvalue weighted by Crippen LogP contribution is -2.48. The molecule has 0 amide bonds. The van der Waals surface area contributed by atoms with E-state index in [1.165, 1.54) is 32.1 Å². The Balaban J connectivity index is 1.66. The van der Waals surface area contributed by atoms with Crippen molar-refractivity contribution in [3.63, 3.8) is 0 Å². The molecular weight excluding hydrogens is 431 g/mol. The van der Waals surface area contributed by atoms with Gasteiger partial charge >= 0.3 is 30.5 Å². The highest BCUT2D eigenvalue weighted by molar-refractivity contribution is 5.78. The van der Waals surface area contributed by atoms with Crippen LogP contribution in [0.25, 0.3) is 0 Å². The summed E-state index contributed by atoms with van der Waals surface area (Å²) in [7, 11) is 0. The highest BCUT2D eigenvalue weighted by Crippen LogP contribution is 2.37. The normalized spacial score (nSPS) is 27.5. The molecule has 31 heavy (non-hydrogen) atoms. The Morgan fingerprint density at radius 1 is 0.903 bits per heavy atom. The molecule has 1 aliphatic heterocycles. The van der Waals surface area contributed by atoms with Gasteiger partial charge in [-0.2, -0.15) is 22.0 Å². The number of halogens is 5. The van der Waals surface area contributed by atoms with Gasteiger partial charge in [-0.3, -0.25) is 4.79 Å². The van der Waals surface area contributed by atoms with Crippen molar-refractivity contribution in [1.82, 2.24) is 0 Å². The standard InChI is InChI=1S/C20H29F5O6/c1-2-3-4-5-6-13-7-9-14(10-8-13)16(26)30-15-11-28-18(29-12-15)31-17(27)19(21,22)20(23,24)25/h13-15,18H,2-12H2,1H3. The number of rotatable bonds is 9. The zero-order valence-electron chi connectivity index (χ0n) is 17.4. The van der Waals surface area contributed by atoms with Crippen molar-refractivity contribution in [3.05, 3.63) is 0 Å². The molecule has 0 unspecified atom stereocenters. The summed E-state index contributed by atoms with van der Waals surface area (Å²) in [6.45, 7) is -0.570. The lowest BCUT2D eigenvalue weighted by atomic mass is 9.80. The average Bonchev–Trinajstić information content (AvgIpc) is 2.72. The van der Waals surface area contributed by atoms with Gasteiger partial charge in [-0.25, -0.2) is 4.79 Å². The van der Waals surface area contributed by atoms with Gasteiger partial charge in [0.05, 0.1) is 19.1 Å². The first-order valence-electron chi connectivity index (χ1n) is 10.6. The summed E-state index contributed by atoms with van der Waals surface area (Å²) in [4.78, 5) is 23.4. The molecule has 0 N–H and O–H groups in total. The molecule has 11 heteroatoms. The Bertz CT molecular complexity index is 581. The second-order valence-electron chi connectivity index (χ2n) is 8.06. The molecule has 1 heterocycles. The average molecular weight is 460 g/mol. The smallest absolute Gasteiger partial charge is 0.457 e. The van der Waals surface area contributed by atoms with E-state index in [-0.39, 0.29) is 19.1 Å². The summed E-state index contributed by atoms with van der Waals surface area (Å²) in [5.41, 5.74) is 0. The van der Waals surface area contributed by atoms with Crippen LogP contribution in [0.1, 0.15) is 64.7 Å². The van der Waals surface area contributed by atoms with E-state index >= 15 is 0 Å². The SMILES string of the molecule is CCCCCCC1CCC(C(=O)OC2COC(OC(=O)C(F)(F)C(F)(F)F)OC2)CC1. The molecule has 1 saturated carbocycles. The summed E-state index contributed by atoms with van der Waals surface area (Å²) in [6.07, 6.45) is 2.41. The van der Waals surface area contributed by atoms with Crippen molar-refractivity contribution in [2.24, 2.45) is 11.8 Å². The molecule has 180 valence electrons. The number of hydrogen-bond donors (Lipinski definition) is 0. The summed E-state index contributed by atoms with van der Waals surface area (Å²) < 4.78 is 81.0. The number of esters is 2. The van der Waals surface area contributed by atoms with Gasteiger partial charge in [-0.15, -0.1) is 0 Å². The second-order valence-corrected chi connectivity index (χ2v) is 8.06. The largest absolute Gasteiger partial charge is 0.465 e. The van der Waals surface area contributed by atoms with E-state index in [1.54, 1.807) is 0 Å². The first kappa shape index (κ1) is 25.8. The van der Waals surface area contributed by atoms with Crippen LogP contribution in [0.2, 0.25) is 0 Å². The number of alkyl halides is 5. The minimum atomic E-state index is -6.09. The monoisotopic (exact) mass is 460 g/mol. The van der Waals surface area contributed by atoms with Crippen LogP contribution in [-0.4, -0.2) is 49.8 Å². The fourth-order valence-electron chi connectivity index (χ4n) is 3.69. The molecule has 0 bridgehead atoms. The molecule has 0 radical (unpaired) electrons. The van der Waals surface area contributed by atoms with Crippen LogP contribution in [0.3, 0.4) is 0 Å². The Hall–Kier alpha value is -1.49. The summed E-state index contributed by atoms with van der Waals surface area (Å²) in [6, 6.07) is 0. The minimum absolute atomic E-state index is 0.243. The Kier molecular flexibility index (Phi) is 9.47. The van der Waals surface area contributed by atoms with E-state index < -0.39 is 36.6 Å². The van der Waals surface area contributed by atoms with Crippen molar-refractivity contribution in [2.45, 2.75) is 89.4 Å². The quantitative estimate of drug-likeness (QED) is 0.281. The van der Waals surface area contributed by atoms with Gasteiger partial charge in [0.25, 0.3) is 0 Å². The highest BCUT2D eigenvalue weighted by atomic mass is 19.4. The maximum atomic E-state index is 12.9. The number of carbonyl (C=O) groups is 2. The summed E-state index contributed by atoms with van der Waals surface area (Å²) in [5.74, 6) is -8.55. The maximum Gasteiger partial charge on any atom is 0.465 e. The molecule has 0 aromatic heterocycles. The van der Waals surface area contributed by atoms with Gasteiger partial charge in [0.15, 0.2) is 0 Å². The predicted molar refractivity (Wildman–Crippen MR) is 96.9 cm³/mol. The van der Waals surface area contributed by atoms with E-state index in [2.05, 4.69) is 11.7 Å². The number of ether oxygens (including phenoxy) is 4. The molecule has 1 saturated heterocycles. The van der Waals surface area contributed by atoms with Crippen LogP contribution in [0.4, 0.5) is 22.0 Å². The fourth-order valence-corrected chi connectivity index (χ4v) is 3.69. The van der Waals surface area contributed by atoms with Gasteiger partial charge in [-0.1, -0.05) is 39.0 Å². The number of carbonyl (C=O) groups excluding carboxylic acids is 2. The summed E-state index contributed by atoms with van der Waals surface area (Å²) in [5, 5.41) is 0. The zero-order chi connectivity index (χ0) is 23.1. The van der Waals surface area contributed by atoms with Crippen LogP contribution in [0.5, 0.6) is 0 Å². The molecule has 2 fully saturated rings. The fraction of sp³-hybridized carbons (Fsp3) is 0.900. The lowest BCUT2D eigenvalue weighted by Gasteiger charge is -2.31. The lowest BCUT2D eigenvalue weighted by molar-refractivity contribution is -0.337. The molecular formula is C20H29F5O6. The maximum absolute atomic E-state index is 12.9. The molecule has 1 aliphatic carbocycles. The van der Waals surface area contributed by atoms with Crippen LogP contribution < -0.4 is 0 Å². The Morgan fingerprint density at radius 2 is 1.52 bits per heavy atom. The molecule has 2 rings (SSSR count). The number of hydrogen-bond acceptors (Lipinski definition) is 6. The van der Waals surface area contributed by atoms with E-state index in [0.29, 0.717) is 5.92 Å². The second kappa shape index (κ2) is 11.4. The van der Waals surface area contributed by atoms with Crippen molar-refractivity contribution >= 4 is 11.9 Å². The van der Waals surface area contributed by atoms with Crippen LogP contribution in [-0.2, 0) is 28.5 Å². The van der Waals surface area contributed by atoms with E-state index in [4.69, 9.17) is 14.2 Å². The predicted octanol–water partition coefficient (Wildman–Crippen LogP) is 4.75. The Morgan fingerprint density at radius 3 is 2.06 bits per heavy atom. The molecule has 0 aromatic carbocycles.